The van der Waals surface area contributed by atoms with Gasteiger partial charge in [0.05, 0.1) is 0 Å². The lowest BCUT2D eigenvalue weighted by Gasteiger charge is -2.23. The monoisotopic (exact) mass is 203 g/mol. The van der Waals surface area contributed by atoms with Crippen molar-refractivity contribution in [3.05, 3.63) is 35.9 Å². The summed E-state index contributed by atoms with van der Waals surface area (Å²) in [5.41, 5.74) is 2.49. The van der Waals surface area contributed by atoms with Crippen LogP contribution in [0.5, 0.6) is 0 Å². The van der Waals surface area contributed by atoms with E-state index in [1.807, 2.05) is 0 Å². The standard InChI is InChI=1S/C7H10NO4P/c8-7(9,13(10,11)12)6-4-2-1-3-5-6/h1-5,9H,8H2,(H2,10,11,12). The topological polar surface area (TPSA) is 104 Å². The molecule has 6 heteroatoms. The maximum Gasteiger partial charge on any atom is 0.376 e. The number of aliphatic hydroxyl groups is 1. The van der Waals surface area contributed by atoms with Gasteiger partial charge in [0.25, 0.3) is 0 Å². The van der Waals surface area contributed by atoms with Crippen molar-refractivity contribution >= 4 is 7.60 Å². The molecule has 1 aromatic carbocycles. The van der Waals surface area contributed by atoms with Gasteiger partial charge in [0.1, 0.15) is 0 Å². The normalized spacial score (nSPS) is 16.6. The first-order valence-electron chi connectivity index (χ1n) is 3.48. The van der Waals surface area contributed by atoms with E-state index >= 15 is 0 Å². The van der Waals surface area contributed by atoms with Crippen LogP contribution in [-0.4, -0.2) is 14.9 Å². The van der Waals surface area contributed by atoms with Crippen LogP contribution in [0.1, 0.15) is 5.56 Å². The summed E-state index contributed by atoms with van der Waals surface area (Å²) >= 11 is 0. The fourth-order valence-corrected chi connectivity index (χ4v) is 1.34. The highest BCUT2D eigenvalue weighted by Gasteiger charge is 2.42. The van der Waals surface area contributed by atoms with Crippen LogP contribution in [-0.2, 0) is 10.0 Å². The largest absolute Gasteiger partial charge is 0.376 e. The predicted octanol–water partition coefficient (Wildman–Crippen LogP) is -0.0744. The highest BCUT2D eigenvalue weighted by Crippen LogP contribution is 2.51. The second-order valence-corrected chi connectivity index (χ2v) is 4.41. The van der Waals surface area contributed by atoms with Crippen LogP contribution < -0.4 is 5.73 Å². The molecule has 0 bridgehead atoms. The summed E-state index contributed by atoms with van der Waals surface area (Å²) in [6.07, 6.45) is 0. The van der Waals surface area contributed by atoms with Gasteiger partial charge in [0.2, 0.25) is 5.47 Å². The highest BCUT2D eigenvalue weighted by molar-refractivity contribution is 7.52. The quantitative estimate of drug-likeness (QED) is 0.397. The zero-order valence-electron chi connectivity index (χ0n) is 6.66. The number of rotatable bonds is 2. The summed E-state index contributed by atoms with van der Waals surface area (Å²) in [5, 5.41) is 9.34. The lowest BCUT2D eigenvalue weighted by molar-refractivity contribution is 0.0960. The lowest BCUT2D eigenvalue weighted by Crippen LogP contribution is -2.35. The molecule has 0 heterocycles. The van der Waals surface area contributed by atoms with Gasteiger partial charge in [-0.25, -0.2) is 0 Å². The molecule has 0 amide bonds. The Kier molecular flexibility index (Phi) is 2.56. The molecule has 1 unspecified atom stereocenters. The van der Waals surface area contributed by atoms with E-state index in [2.05, 4.69) is 0 Å². The number of benzene rings is 1. The van der Waals surface area contributed by atoms with Crippen molar-refractivity contribution in [2.24, 2.45) is 5.73 Å². The molecular formula is C7H10NO4P. The molecule has 0 saturated heterocycles. The molecule has 1 atom stereocenters. The predicted molar refractivity (Wildman–Crippen MR) is 46.6 cm³/mol. The first-order chi connectivity index (χ1) is 5.86. The molecule has 0 aromatic heterocycles. The summed E-state index contributed by atoms with van der Waals surface area (Å²) in [4.78, 5) is 17.5. The van der Waals surface area contributed by atoms with Crippen LogP contribution in [0.25, 0.3) is 0 Å². The van der Waals surface area contributed by atoms with Gasteiger partial charge >= 0.3 is 7.60 Å². The van der Waals surface area contributed by atoms with Gasteiger partial charge in [0, 0.05) is 5.56 Å². The minimum atomic E-state index is -4.76. The van der Waals surface area contributed by atoms with E-state index < -0.39 is 13.1 Å². The van der Waals surface area contributed by atoms with Gasteiger partial charge < -0.3 is 14.9 Å². The maximum atomic E-state index is 10.8. The number of hydrogen-bond donors (Lipinski definition) is 4. The van der Waals surface area contributed by atoms with Crippen molar-refractivity contribution in [2.75, 3.05) is 0 Å². The van der Waals surface area contributed by atoms with Crippen molar-refractivity contribution < 1.29 is 19.5 Å². The van der Waals surface area contributed by atoms with Crippen LogP contribution in [0, 0.1) is 0 Å². The molecule has 1 rings (SSSR count). The summed E-state index contributed by atoms with van der Waals surface area (Å²) in [7, 11) is -4.76. The molecule has 0 radical (unpaired) electrons. The van der Waals surface area contributed by atoms with Gasteiger partial charge in [-0.1, -0.05) is 30.3 Å². The van der Waals surface area contributed by atoms with Gasteiger partial charge in [-0.15, -0.1) is 0 Å². The van der Waals surface area contributed by atoms with Crippen molar-refractivity contribution in [1.82, 2.24) is 0 Å². The Hall–Kier alpha value is -0.710. The van der Waals surface area contributed by atoms with E-state index in [1.165, 1.54) is 24.3 Å². The Morgan fingerprint density at radius 3 is 2.08 bits per heavy atom. The smallest absolute Gasteiger partial charge is 0.362 e. The van der Waals surface area contributed by atoms with E-state index in [1.54, 1.807) is 6.07 Å². The minimum Gasteiger partial charge on any atom is -0.362 e. The van der Waals surface area contributed by atoms with Crippen molar-refractivity contribution in [2.45, 2.75) is 5.47 Å². The van der Waals surface area contributed by atoms with Gasteiger partial charge in [-0.3, -0.25) is 10.3 Å². The van der Waals surface area contributed by atoms with E-state index in [0.29, 0.717) is 0 Å². The first kappa shape index (κ1) is 10.4. The molecule has 72 valence electrons. The third-order valence-electron chi connectivity index (χ3n) is 1.64. The minimum absolute atomic E-state index is 0.0108. The summed E-state index contributed by atoms with van der Waals surface area (Å²) < 4.78 is 10.8. The van der Waals surface area contributed by atoms with Gasteiger partial charge in [-0.2, -0.15) is 0 Å². The fourth-order valence-electron chi connectivity index (χ4n) is 0.852. The summed E-state index contributed by atoms with van der Waals surface area (Å²) in [6.45, 7) is 0. The molecule has 1 aromatic rings. The molecule has 0 fully saturated rings. The van der Waals surface area contributed by atoms with E-state index in [4.69, 9.17) is 15.5 Å². The van der Waals surface area contributed by atoms with Gasteiger partial charge in [-0.05, 0) is 0 Å². The van der Waals surface area contributed by atoms with E-state index in [9.17, 15) is 9.67 Å². The molecule has 13 heavy (non-hydrogen) atoms. The van der Waals surface area contributed by atoms with Crippen LogP contribution in [0.4, 0.5) is 0 Å². The van der Waals surface area contributed by atoms with Crippen LogP contribution in [0.3, 0.4) is 0 Å². The molecule has 0 spiro atoms. The third-order valence-corrected chi connectivity index (χ3v) is 2.79. The Labute approximate surface area is 75.0 Å². The average Bonchev–Trinajstić information content (AvgIpc) is 2.04. The number of nitrogens with two attached hydrogens (primary N) is 1. The zero-order valence-corrected chi connectivity index (χ0v) is 7.56. The second kappa shape index (κ2) is 3.21. The first-order valence-corrected chi connectivity index (χ1v) is 5.09. The van der Waals surface area contributed by atoms with Crippen LogP contribution in [0.2, 0.25) is 0 Å². The summed E-state index contributed by atoms with van der Waals surface area (Å²) in [6, 6.07) is 7.41. The molecule has 0 aliphatic heterocycles. The van der Waals surface area contributed by atoms with E-state index in [0.717, 1.165) is 0 Å². The van der Waals surface area contributed by atoms with E-state index in [-0.39, 0.29) is 5.56 Å². The van der Waals surface area contributed by atoms with Crippen molar-refractivity contribution in [3.8, 4) is 0 Å². The maximum absolute atomic E-state index is 10.8. The highest BCUT2D eigenvalue weighted by atomic mass is 31.2. The van der Waals surface area contributed by atoms with Crippen LogP contribution in [0.15, 0.2) is 30.3 Å². The van der Waals surface area contributed by atoms with Gasteiger partial charge in [0.15, 0.2) is 0 Å². The second-order valence-electron chi connectivity index (χ2n) is 2.64. The Morgan fingerprint density at radius 1 is 1.23 bits per heavy atom. The third kappa shape index (κ3) is 1.96. The Morgan fingerprint density at radius 2 is 1.69 bits per heavy atom. The average molecular weight is 203 g/mol. The van der Waals surface area contributed by atoms with Crippen molar-refractivity contribution in [1.29, 1.82) is 0 Å². The molecule has 0 aliphatic rings. The SMILES string of the molecule is NC(O)(c1ccccc1)P(=O)(O)O. The molecular weight excluding hydrogens is 193 g/mol. The molecule has 0 aliphatic carbocycles. The zero-order chi connectivity index (χ0) is 10.1. The lowest BCUT2D eigenvalue weighted by atomic mass is 10.2. The molecule has 5 nitrogen and oxygen atoms in total. The molecule has 0 saturated carbocycles. The fraction of sp³-hybridized carbons (Fsp3) is 0.143. The van der Waals surface area contributed by atoms with Crippen molar-refractivity contribution in [3.63, 3.8) is 0 Å². The Bertz CT molecular complexity index is 332. The van der Waals surface area contributed by atoms with Crippen LogP contribution >= 0.6 is 7.60 Å². The molecule has 5 N–H and O–H groups in total. The Balaban J connectivity index is 3.16. The summed E-state index contributed by atoms with van der Waals surface area (Å²) in [5.74, 6) is 0. The number of hydrogen-bond acceptors (Lipinski definition) is 3.